The summed E-state index contributed by atoms with van der Waals surface area (Å²) in [5.74, 6) is 1.84. The van der Waals surface area contributed by atoms with Gasteiger partial charge in [0.05, 0.1) is 11.7 Å². The average Bonchev–Trinajstić information content (AvgIpc) is 3.34. The second-order valence-corrected chi connectivity index (χ2v) is 9.20. The van der Waals surface area contributed by atoms with Crippen LogP contribution in [0.5, 0.6) is 5.75 Å². The first kappa shape index (κ1) is 19.5. The van der Waals surface area contributed by atoms with Gasteiger partial charge in [-0.15, -0.1) is 10.2 Å². The maximum Gasteiger partial charge on any atom is 0.161 e. The van der Waals surface area contributed by atoms with Crippen LogP contribution in [0.25, 0.3) is 5.65 Å². The molecule has 1 aromatic carbocycles. The maximum absolute atomic E-state index is 6.49. The van der Waals surface area contributed by atoms with Crippen LogP contribution in [0.4, 0.5) is 0 Å². The molecule has 1 aliphatic carbocycles. The highest BCUT2D eigenvalue weighted by molar-refractivity contribution is 5.43. The molecule has 3 atom stereocenters. The summed E-state index contributed by atoms with van der Waals surface area (Å²) in [5.41, 5.74) is 9.47. The van der Waals surface area contributed by atoms with Crippen LogP contribution in [0.1, 0.15) is 75.6 Å². The molecule has 3 aromatic rings. The quantitative estimate of drug-likeness (QED) is 0.698. The molecule has 158 valence electrons. The largest absolute Gasteiger partial charge is 0.484 e. The van der Waals surface area contributed by atoms with Gasteiger partial charge < -0.3 is 10.5 Å². The van der Waals surface area contributed by atoms with Crippen LogP contribution in [0.15, 0.2) is 42.6 Å². The van der Waals surface area contributed by atoms with Gasteiger partial charge >= 0.3 is 0 Å². The molecule has 1 fully saturated rings. The topological polar surface area (TPSA) is 68.7 Å². The second-order valence-electron chi connectivity index (χ2n) is 9.20. The van der Waals surface area contributed by atoms with Gasteiger partial charge in [0.2, 0.25) is 0 Å². The lowest BCUT2D eigenvalue weighted by molar-refractivity contribution is 0.108. The summed E-state index contributed by atoms with van der Waals surface area (Å²) >= 11 is 0. The number of hydrogen-bond donors (Lipinski definition) is 1. The molecule has 2 aliphatic rings. The standard InChI is InChI=1S/C24H31N5O/c1-16(2)29-14-6-13-24(29,3)23-27-26-22-12-9-17(15-28(22)23)30-21-11-10-20(25)18-7-4-5-8-19(18)21/h4-5,7-9,12,15-16,20-21H,6,10-11,13-14,25H2,1-3H3/t20-,21+,24?/m0/s1. The lowest BCUT2D eigenvalue weighted by Gasteiger charge is -2.36. The molecule has 1 saturated heterocycles. The number of ether oxygens (including phenoxy) is 1. The molecule has 0 bridgehead atoms. The van der Waals surface area contributed by atoms with Gasteiger partial charge in [-0.3, -0.25) is 9.30 Å². The van der Waals surface area contributed by atoms with Crippen molar-refractivity contribution in [2.24, 2.45) is 5.73 Å². The zero-order chi connectivity index (χ0) is 20.9. The Labute approximate surface area is 178 Å². The molecule has 2 N–H and O–H groups in total. The Hall–Kier alpha value is -2.44. The highest BCUT2D eigenvalue weighted by Crippen LogP contribution is 2.40. The van der Waals surface area contributed by atoms with Crippen molar-refractivity contribution in [3.63, 3.8) is 0 Å². The first-order valence-electron chi connectivity index (χ1n) is 11.1. The summed E-state index contributed by atoms with van der Waals surface area (Å²) in [7, 11) is 0. The van der Waals surface area contributed by atoms with Gasteiger partial charge in [0.1, 0.15) is 11.9 Å². The zero-order valence-corrected chi connectivity index (χ0v) is 18.1. The van der Waals surface area contributed by atoms with E-state index in [9.17, 15) is 0 Å². The molecule has 0 radical (unpaired) electrons. The zero-order valence-electron chi connectivity index (χ0n) is 18.1. The fraction of sp³-hybridized carbons (Fsp3) is 0.500. The van der Waals surface area contributed by atoms with E-state index in [0.29, 0.717) is 6.04 Å². The van der Waals surface area contributed by atoms with Crippen molar-refractivity contribution < 1.29 is 4.74 Å². The summed E-state index contributed by atoms with van der Waals surface area (Å²) in [6.07, 6.45) is 6.20. The van der Waals surface area contributed by atoms with Crippen LogP contribution < -0.4 is 10.5 Å². The van der Waals surface area contributed by atoms with E-state index in [-0.39, 0.29) is 17.7 Å². The van der Waals surface area contributed by atoms with E-state index in [1.165, 1.54) is 17.5 Å². The number of aromatic nitrogens is 3. The maximum atomic E-state index is 6.49. The van der Waals surface area contributed by atoms with E-state index >= 15 is 0 Å². The van der Waals surface area contributed by atoms with E-state index < -0.39 is 0 Å². The molecule has 5 rings (SSSR count). The molecular weight excluding hydrogens is 374 g/mol. The van der Waals surface area contributed by atoms with E-state index in [2.05, 4.69) is 70.7 Å². The highest BCUT2D eigenvalue weighted by Gasteiger charge is 2.43. The van der Waals surface area contributed by atoms with Crippen LogP contribution in [0.2, 0.25) is 0 Å². The summed E-state index contributed by atoms with van der Waals surface area (Å²) in [4.78, 5) is 2.54. The van der Waals surface area contributed by atoms with Crippen molar-refractivity contribution in [2.45, 2.75) is 70.2 Å². The normalized spacial score (nSPS) is 27.0. The van der Waals surface area contributed by atoms with Crippen molar-refractivity contribution in [1.29, 1.82) is 0 Å². The van der Waals surface area contributed by atoms with Gasteiger partial charge in [-0.2, -0.15) is 0 Å². The van der Waals surface area contributed by atoms with Gasteiger partial charge in [0, 0.05) is 12.1 Å². The van der Waals surface area contributed by atoms with Crippen molar-refractivity contribution in [2.75, 3.05) is 6.54 Å². The van der Waals surface area contributed by atoms with Gasteiger partial charge in [0.25, 0.3) is 0 Å². The van der Waals surface area contributed by atoms with Gasteiger partial charge in [-0.25, -0.2) is 0 Å². The van der Waals surface area contributed by atoms with E-state index in [1.807, 2.05) is 12.1 Å². The minimum Gasteiger partial charge on any atom is -0.484 e. The van der Waals surface area contributed by atoms with Crippen LogP contribution in [-0.2, 0) is 5.54 Å². The number of benzene rings is 1. The van der Waals surface area contributed by atoms with Crippen LogP contribution >= 0.6 is 0 Å². The summed E-state index contributed by atoms with van der Waals surface area (Å²) in [5, 5.41) is 9.06. The monoisotopic (exact) mass is 405 g/mol. The predicted molar refractivity (Wildman–Crippen MR) is 117 cm³/mol. The third-order valence-corrected chi connectivity index (χ3v) is 6.94. The number of nitrogens with two attached hydrogens (primary N) is 1. The number of rotatable bonds is 4. The average molecular weight is 406 g/mol. The number of pyridine rings is 1. The summed E-state index contributed by atoms with van der Waals surface area (Å²) < 4.78 is 8.61. The van der Waals surface area contributed by atoms with E-state index in [0.717, 1.165) is 43.0 Å². The third-order valence-electron chi connectivity index (χ3n) is 6.94. The van der Waals surface area contributed by atoms with E-state index in [1.54, 1.807) is 0 Å². The Bertz CT molecular complexity index is 1060. The Morgan fingerprint density at radius 2 is 1.90 bits per heavy atom. The minimum atomic E-state index is -0.115. The predicted octanol–water partition coefficient (Wildman–Crippen LogP) is 4.36. The summed E-state index contributed by atoms with van der Waals surface area (Å²) in [6, 6.07) is 13.0. The number of likely N-dealkylation sites (tertiary alicyclic amines) is 1. The van der Waals surface area contributed by atoms with Crippen LogP contribution in [0, 0.1) is 0 Å². The lowest BCUT2D eigenvalue weighted by atomic mass is 9.86. The Balaban J connectivity index is 1.49. The number of fused-ring (bicyclic) bond motifs is 2. The molecule has 6 nitrogen and oxygen atoms in total. The molecule has 0 amide bonds. The molecule has 6 heteroatoms. The van der Waals surface area contributed by atoms with Crippen molar-refractivity contribution >= 4 is 5.65 Å². The first-order chi connectivity index (χ1) is 14.5. The molecule has 2 aromatic heterocycles. The second kappa shape index (κ2) is 7.36. The SMILES string of the molecule is CC(C)N1CCCC1(C)c1nnc2ccc(O[C@@H]3CC[C@H](N)c4ccccc43)cn12. The highest BCUT2D eigenvalue weighted by atomic mass is 16.5. The van der Waals surface area contributed by atoms with Gasteiger partial charge in [-0.05, 0) is 76.3 Å². The summed E-state index contributed by atoms with van der Waals surface area (Å²) in [6.45, 7) is 7.90. The number of nitrogens with zero attached hydrogens (tertiary/aromatic N) is 4. The fourth-order valence-electron chi connectivity index (χ4n) is 5.43. The van der Waals surface area contributed by atoms with E-state index in [4.69, 9.17) is 10.5 Å². The van der Waals surface area contributed by atoms with Crippen molar-refractivity contribution in [1.82, 2.24) is 19.5 Å². The molecule has 0 spiro atoms. The lowest BCUT2D eigenvalue weighted by Crippen LogP contribution is -2.44. The minimum absolute atomic E-state index is 0.0209. The third kappa shape index (κ3) is 3.10. The molecule has 0 saturated carbocycles. The smallest absolute Gasteiger partial charge is 0.161 e. The van der Waals surface area contributed by atoms with Crippen molar-refractivity contribution in [3.8, 4) is 5.75 Å². The number of hydrogen-bond acceptors (Lipinski definition) is 5. The Kier molecular flexibility index (Phi) is 4.79. The van der Waals surface area contributed by atoms with Gasteiger partial charge in [0.15, 0.2) is 11.5 Å². The molecular formula is C24H31N5O. The molecule has 3 heterocycles. The van der Waals surface area contributed by atoms with Gasteiger partial charge in [-0.1, -0.05) is 24.3 Å². The first-order valence-corrected chi connectivity index (χ1v) is 11.1. The molecule has 1 unspecified atom stereocenters. The molecule has 1 aliphatic heterocycles. The fourth-order valence-corrected chi connectivity index (χ4v) is 5.43. The van der Waals surface area contributed by atoms with Crippen LogP contribution in [-0.4, -0.2) is 32.1 Å². The van der Waals surface area contributed by atoms with Crippen molar-refractivity contribution in [3.05, 3.63) is 59.5 Å². The Morgan fingerprint density at radius 3 is 2.70 bits per heavy atom. The van der Waals surface area contributed by atoms with Crippen LogP contribution in [0.3, 0.4) is 0 Å². The molecule has 30 heavy (non-hydrogen) atoms. The Morgan fingerprint density at radius 1 is 1.10 bits per heavy atom.